The Bertz CT molecular complexity index is 1050. The first-order chi connectivity index (χ1) is 14.0. The van der Waals surface area contributed by atoms with Gasteiger partial charge in [0, 0.05) is 23.3 Å². The molecule has 0 atom stereocenters. The Morgan fingerprint density at radius 2 is 1.79 bits per heavy atom. The lowest BCUT2D eigenvalue weighted by atomic mass is 10.0. The summed E-state index contributed by atoms with van der Waals surface area (Å²) in [5.74, 6) is 0.685. The van der Waals surface area contributed by atoms with Gasteiger partial charge in [-0.25, -0.2) is 0 Å². The van der Waals surface area contributed by atoms with E-state index >= 15 is 0 Å². The second-order valence-electron chi connectivity index (χ2n) is 6.67. The number of hydrogen-bond acceptors (Lipinski definition) is 5. The second-order valence-corrected chi connectivity index (χ2v) is 6.67. The number of nitrogens with one attached hydrogen (secondary N) is 1. The van der Waals surface area contributed by atoms with Crippen molar-refractivity contribution >= 4 is 28.2 Å². The van der Waals surface area contributed by atoms with Crippen LogP contribution in [0.3, 0.4) is 0 Å². The lowest BCUT2D eigenvalue weighted by Crippen LogP contribution is -2.14. The minimum Gasteiger partial charge on any atom is -0.490 e. The van der Waals surface area contributed by atoms with Gasteiger partial charge < -0.3 is 20.5 Å². The summed E-state index contributed by atoms with van der Waals surface area (Å²) in [5.41, 5.74) is 10.6. The maximum absolute atomic E-state index is 12.1. The quantitative estimate of drug-likeness (QED) is 0.577. The number of aromatic nitrogens is 1. The van der Waals surface area contributed by atoms with Crippen LogP contribution in [0.2, 0.25) is 0 Å². The van der Waals surface area contributed by atoms with E-state index in [-0.39, 0.29) is 0 Å². The summed E-state index contributed by atoms with van der Waals surface area (Å²) in [5, 5.41) is 4.19. The molecule has 0 saturated carbocycles. The monoisotopic (exact) mass is 393 g/mol. The Hall–Kier alpha value is -3.28. The van der Waals surface area contributed by atoms with E-state index in [1.807, 2.05) is 38.1 Å². The van der Waals surface area contributed by atoms with Crippen molar-refractivity contribution in [2.45, 2.75) is 34.1 Å². The van der Waals surface area contributed by atoms with E-state index in [1.165, 1.54) is 17.3 Å². The van der Waals surface area contributed by atoms with Gasteiger partial charge in [0.15, 0.2) is 11.5 Å². The molecule has 0 saturated heterocycles. The van der Waals surface area contributed by atoms with Gasteiger partial charge in [-0.05, 0) is 50.5 Å². The van der Waals surface area contributed by atoms with Gasteiger partial charge in [-0.15, -0.1) is 0 Å². The SMILES string of the molecule is CCOc1cc2ncc(C(N)=O)c(Nc3cccc(C)c3CC)c2cc1OCC. The Morgan fingerprint density at radius 3 is 2.41 bits per heavy atom. The van der Waals surface area contributed by atoms with Crippen LogP contribution in [0, 0.1) is 6.92 Å². The minimum atomic E-state index is -0.542. The van der Waals surface area contributed by atoms with Crippen molar-refractivity contribution in [1.29, 1.82) is 0 Å². The number of nitrogens with two attached hydrogens (primary N) is 1. The van der Waals surface area contributed by atoms with E-state index in [1.54, 1.807) is 0 Å². The van der Waals surface area contributed by atoms with Crippen LogP contribution >= 0.6 is 0 Å². The summed E-state index contributed by atoms with van der Waals surface area (Å²) in [6.07, 6.45) is 2.37. The molecule has 3 aromatic rings. The van der Waals surface area contributed by atoms with Gasteiger partial charge in [-0.2, -0.15) is 0 Å². The largest absolute Gasteiger partial charge is 0.490 e. The smallest absolute Gasteiger partial charge is 0.252 e. The zero-order valence-corrected chi connectivity index (χ0v) is 17.3. The van der Waals surface area contributed by atoms with E-state index < -0.39 is 5.91 Å². The molecule has 0 aliphatic rings. The first kappa shape index (κ1) is 20.5. The molecule has 29 heavy (non-hydrogen) atoms. The molecule has 3 N–H and O–H groups in total. The highest BCUT2D eigenvalue weighted by Crippen LogP contribution is 2.38. The Kier molecular flexibility index (Phi) is 6.22. The molecule has 152 valence electrons. The Balaban J connectivity index is 2.25. The average molecular weight is 393 g/mol. The van der Waals surface area contributed by atoms with Gasteiger partial charge in [0.1, 0.15) is 0 Å². The van der Waals surface area contributed by atoms with E-state index in [4.69, 9.17) is 15.2 Å². The molecule has 1 heterocycles. The number of carbonyl (C=O) groups excluding carboxylic acids is 1. The number of hydrogen-bond donors (Lipinski definition) is 2. The molecule has 0 bridgehead atoms. The van der Waals surface area contributed by atoms with Crippen molar-refractivity contribution in [2.24, 2.45) is 5.73 Å². The molecule has 0 radical (unpaired) electrons. The summed E-state index contributed by atoms with van der Waals surface area (Å²) in [4.78, 5) is 16.6. The third-order valence-electron chi connectivity index (χ3n) is 4.82. The van der Waals surface area contributed by atoms with Crippen LogP contribution < -0.4 is 20.5 Å². The topological polar surface area (TPSA) is 86.5 Å². The van der Waals surface area contributed by atoms with Crippen LogP contribution in [-0.2, 0) is 6.42 Å². The van der Waals surface area contributed by atoms with E-state index in [9.17, 15) is 4.79 Å². The molecule has 0 fully saturated rings. The van der Waals surface area contributed by atoms with Crippen molar-refractivity contribution in [2.75, 3.05) is 18.5 Å². The fraction of sp³-hybridized carbons (Fsp3) is 0.304. The number of aryl methyl sites for hydroxylation is 1. The lowest BCUT2D eigenvalue weighted by molar-refractivity contribution is 0.100. The summed E-state index contributed by atoms with van der Waals surface area (Å²) in [7, 11) is 0. The van der Waals surface area contributed by atoms with E-state index in [2.05, 4.69) is 30.2 Å². The molecule has 1 amide bonds. The van der Waals surface area contributed by atoms with Gasteiger partial charge >= 0.3 is 0 Å². The fourth-order valence-electron chi connectivity index (χ4n) is 3.48. The van der Waals surface area contributed by atoms with Crippen LogP contribution in [-0.4, -0.2) is 24.1 Å². The van der Waals surface area contributed by atoms with Crippen LogP contribution in [0.5, 0.6) is 11.5 Å². The summed E-state index contributed by atoms with van der Waals surface area (Å²) < 4.78 is 11.5. The average Bonchev–Trinajstić information content (AvgIpc) is 2.69. The predicted octanol–water partition coefficient (Wildman–Crippen LogP) is 4.75. The molecule has 2 aromatic carbocycles. The number of pyridine rings is 1. The van der Waals surface area contributed by atoms with Crippen LogP contribution in [0.25, 0.3) is 10.9 Å². The second kappa shape index (κ2) is 8.82. The maximum Gasteiger partial charge on any atom is 0.252 e. The Labute approximate surface area is 171 Å². The van der Waals surface area contributed by atoms with Gasteiger partial charge in [-0.1, -0.05) is 19.1 Å². The third-order valence-corrected chi connectivity index (χ3v) is 4.82. The van der Waals surface area contributed by atoms with Crippen molar-refractivity contribution in [3.05, 3.63) is 53.2 Å². The molecule has 6 nitrogen and oxygen atoms in total. The standard InChI is InChI=1S/C23H27N3O3/c1-5-15-14(4)9-8-10-18(15)26-22-16-11-20(28-6-2)21(29-7-3)12-19(16)25-13-17(22)23(24)27/h8-13H,5-7H2,1-4H3,(H2,24,27)(H,25,26). The van der Waals surface area contributed by atoms with Crippen molar-refractivity contribution < 1.29 is 14.3 Å². The van der Waals surface area contributed by atoms with Gasteiger partial charge in [0.05, 0.1) is 30.0 Å². The molecule has 3 rings (SSSR count). The minimum absolute atomic E-state index is 0.327. The molecule has 0 unspecified atom stereocenters. The van der Waals surface area contributed by atoms with Gasteiger partial charge in [0.25, 0.3) is 5.91 Å². The first-order valence-electron chi connectivity index (χ1n) is 9.87. The molecule has 0 aliphatic carbocycles. The summed E-state index contributed by atoms with van der Waals surface area (Å²) >= 11 is 0. The van der Waals surface area contributed by atoms with Crippen molar-refractivity contribution in [1.82, 2.24) is 4.98 Å². The molecule has 6 heteroatoms. The number of rotatable bonds is 8. The van der Waals surface area contributed by atoms with Crippen LogP contribution in [0.4, 0.5) is 11.4 Å². The summed E-state index contributed by atoms with van der Waals surface area (Å²) in [6.45, 7) is 9.02. The molecule has 1 aromatic heterocycles. The molecule has 0 spiro atoms. The highest BCUT2D eigenvalue weighted by Gasteiger charge is 2.18. The number of ether oxygens (including phenoxy) is 2. The van der Waals surface area contributed by atoms with Crippen molar-refractivity contribution in [3.8, 4) is 11.5 Å². The first-order valence-corrected chi connectivity index (χ1v) is 9.87. The predicted molar refractivity (Wildman–Crippen MR) is 116 cm³/mol. The zero-order valence-electron chi connectivity index (χ0n) is 17.3. The van der Waals surface area contributed by atoms with E-state index in [0.717, 1.165) is 17.5 Å². The molecule has 0 aliphatic heterocycles. The number of benzene rings is 2. The number of anilines is 2. The zero-order chi connectivity index (χ0) is 21.0. The highest BCUT2D eigenvalue weighted by molar-refractivity contribution is 6.08. The lowest BCUT2D eigenvalue weighted by Gasteiger charge is -2.18. The number of fused-ring (bicyclic) bond motifs is 1. The van der Waals surface area contributed by atoms with Crippen LogP contribution in [0.15, 0.2) is 36.5 Å². The van der Waals surface area contributed by atoms with Crippen LogP contribution in [0.1, 0.15) is 42.3 Å². The molecular weight excluding hydrogens is 366 g/mol. The third kappa shape index (κ3) is 4.11. The molecular formula is C23H27N3O3. The number of amides is 1. The van der Waals surface area contributed by atoms with Gasteiger partial charge in [0.2, 0.25) is 0 Å². The number of carbonyl (C=O) groups is 1. The fourth-order valence-corrected chi connectivity index (χ4v) is 3.48. The summed E-state index contributed by atoms with van der Waals surface area (Å²) in [6, 6.07) is 9.75. The van der Waals surface area contributed by atoms with E-state index in [0.29, 0.717) is 41.5 Å². The number of primary amides is 1. The van der Waals surface area contributed by atoms with Gasteiger partial charge in [-0.3, -0.25) is 9.78 Å². The maximum atomic E-state index is 12.1. The number of nitrogens with zero attached hydrogens (tertiary/aromatic N) is 1. The highest BCUT2D eigenvalue weighted by atomic mass is 16.5. The normalized spacial score (nSPS) is 10.8. The Morgan fingerprint density at radius 1 is 1.10 bits per heavy atom. The van der Waals surface area contributed by atoms with Crippen molar-refractivity contribution in [3.63, 3.8) is 0 Å².